The first-order chi connectivity index (χ1) is 13.0. The third-order valence-corrected chi connectivity index (χ3v) is 5.00. The van der Waals surface area contributed by atoms with E-state index in [-0.39, 0.29) is 11.8 Å². The van der Waals surface area contributed by atoms with Gasteiger partial charge in [-0.3, -0.25) is 19.9 Å². The van der Waals surface area contributed by atoms with Crippen LogP contribution in [-0.2, 0) is 4.79 Å². The summed E-state index contributed by atoms with van der Waals surface area (Å²) in [6.45, 7) is 1.73. The molecule has 0 unspecified atom stereocenters. The van der Waals surface area contributed by atoms with Gasteiger partial charge in [-0.05, 0) is 37.3 Å². The molecular formula is C19H16N4O3S. The molecule has 1 aliphatic heterocycles. The monoisotopic (exact) mass is 380 g/mol. The molecule has 7 nitrogen and oxygen atoms in total. The van der Waals surface area contributed by atoms with Gasteiger partial charge in [0.25, 0.3) is 11.8 Å². The largest absolute Gasteiger partial charge is 0.479 e. The zero-order valence-corrected chi connectivity index (χ0v) is 15.5. The minimum absolute atomic E-state index is 0.0950. The van der Waals surface area contributed by atoms with E-state index in [1.165, 1.54) is 17.5 Å². The Labute approximate surface area is 159 Å². The Morgan fingerprint density at radius 2 is 2.19 bits per heavy atom. The van der Waals surface area contributed by atoms with Crippen LogP contribution in [-0.4, -0.2) is 34.9 Å². The molecule has 0 aliphatic carbocycles. The van der Waals surface area contributed by atoms with E-state index in [1.807, 2.05) is 23.6 Å². The van der Waals surface area contributed by atoms with Gasteiger partial charge in [0.1, 0.15) is 5.75 Å². The predicted octanol–water partition coefficient (Wildman–Crippen LogP) is 3.20. The van der Waals surface area contributed by atoms with E-state index in [1.54, 1.807) is 37.2 Å². The SMILES string of the molecule is C[C@H]1Oc2ccc(-c3csc(NC(=O)c4cccnc4)n3)cc2N(C)C1=O. The molecule has 4 rings (SSSR count). The van der Waals surface area contributed by atoms with Gasteiger partial charge in [-0.25, -0.2) is 4.98 Å². The Bertz CT molecular complexity index is 1020. The molecule has 27 heavy (non-hydrogen) atoms. The van der Waals surface area contributed by atoms with E-state index < -0.39 is 6.10 Å². The summed E-state index contributed by atoms with van der Waals surface area (Å²) in [7, 11) is 1.73. The van der Waals surface area contributed by atoms with Gasteiger partial charge in [0.2, 0.25) is 0 Å². The summed E-state index contributed by atoms with van der Waals surface area (Å²) in [5.41, 5.74) is 2.72. The lowest BCUT2D eigenvalue weighted by molar-refractivity contribution is -0.125. The Hall–Kier alpha value is -3.26. The number of likely N-dealkylation sites (N-methyl/N-ethyl adjacent to an activating group) is 1. The molecular weight excluding hydrogens is 364 g/mol. The van der Waals surface area contributed by atoms with Crippen LogP contribution in [0.1, 0.15) is 17.3 Å². The fraction of sp³-hybridized carbons (Fsp3) is 0.158. The van der Waals surface area contributed by atoms with Crippen molar-refractivity contribution >= 4 is 34.0 Å². The molecule has 1 N–H and O–H groups in total. The van der Waals surface area contributed by atoms with Crippen LogP contribution in [0.5, 0.6) is 5.75 Å². The third-order valence-electron chi connectivity index (χ3n) is 4.25. The van der Waals surface area contributed by atoms with Crippen molar-refractivity contribution in [2.75, 3.05) is 17.3 Å². The molecule has 0 saturated carbocycles. The van der Waals surface area contributed by atoms with E-state index >= 15 is 0 Å². The number of fused-ring (bicyclic) bond motifs is 1. The number of thiazole rings is 1. The molecule has 136 valence electrons. The van der Waals surface area contributed by atoms with E-state index in [9.17, 15) is 9.59 Å². The average Bonchev–Trinajstić information content (AvgIpc) is 3.15. The van der Waals surface area contributed by atoms with Crippen LogP contribution in [0.15, 0.2) is 48.1 Å². The summed E-state index contributed by atoms with van der Waals surface area (Å²) in [4.78, 5) is 34.3. The van der Waals surface area contributed by atoms with Crippen molar-refractivity contribution in [3.8, 4) is 17.0 Å². The number of pyridine rings is 1. The van der Waals surface area contributed by atoms with Gasteiger partial charge in [-0.2, -0.15) is 0 Å². The number of nitrogens with zero attached hydrogens (tertiary/aromatic N) is 3. The van der Waals surface area contributed by atoms with Gasteiger partial charge in [-0.15, -0.1) is 11.3 Å². The van der Waals surface area contributed by atoms with E-state index in [2.05, 4.69) is 15.3 Å². The molecule has 0 bridgehead atoms. The molecule has 1 atom stereocenters. The minimum atomic E-state index is -0.498. The predicted molar refractivity (Wildman–Crippen MR) is 103 cm³/mol. The van der Waals surface area contributed by atoms with E-state index in [0.717, 1.165) is 5.56 Å². The quantitative estimate of drug-likeness (QED) is 0.754. The Kier molecular flexibility index (Phi) is 4.33. The lowest BCUT2D eigenvalue weighted by Crippen LogP contribution is -2.41. The first kappa shape index (κ1) is 17.2. The smallest absolute Gasteiger partial charge is 0.267 e. The Balaban J connectivity index is 1.57. The molecule has 0 saturated heterocycles. The lowest BCUT2D eigenvalue weighted by atomic mass is 10.1. The fourth-order valence-corrected chi connectivity index (χ4v) is 3.52. The fourth-order valence-electron chi connectivity index (χ4n) is 2.80. The van der Waals surface area contributed by atoms with Crippen molar-refractivity contribution < 1.29 is 14.3 Å². The van der Waals surface area contributed by atoms with Crippen molar-refractivity contribution in [2.45, 2.75) is 13.0 Å². The molecule has 1 aromatic carbocycles. The number of hydrogen-bond donors (Lipinski definition) is 1. The molecule has 8 heteroatoms. The third kappa shape index (κ3) is 3.26. The number of carbonyl (C=O) groups excluding carboxylic acids is 2. The number of hydrogen-bond acceptors (Lipinski definition) is 6. The second kappa shape index (κ2) is 6.81. The summed E-state index contributed by atoms with van der Waals surface area (Å²) >= 11 is 1.33. The molecule has 3 aromatic rings. The molecule has 3 heterocycles. The molecule has 2 aromatic heterocycles. The van der Waals surface area contributed by atoms with Crippen LogP contribution < -0.4 is 15.0 Å². The zero-order valence-electron chi connectivity index (χ0n) is 14.7. The van der Waals surface area contributed by atoms with Crippen molar-refractivity contribution in [1.29, 1.82) is 0 Å². The van der Waals surface area contributed by atoms with Crippen LogP contribution in [0.4, 0.5) is 10.8 Å². The number of anilines is 2. The van der Waals surface area contributed by atoms with Crippen molar-refractivity contribution in [1.82, 2.24) is 9.97 Å². The Morgan fingerprint density at radius 3 is 2.96 bits per heavy atom. The van der Waals surface area contributed by atoms with E-state index in [4.69, 9.17) is 4.74 Å². The van der Waals surface area contributed by atoms with E-state index in [0.29, 0.717) is 27.8 Å². The maximum Gasteiger partial charge on any atom is 0.267 e. The van der Waals surface area contributed by atoms with Crippen molar-refractivity contribution in [3.05, 3.63) is 53.7 Å². The minimum Gasteiger partial charge on any atom is -0.479 e. The summed E-state index contributed by atoms with van der Waals surface area (Å²) in [6, 6.07) is 8.97. The zero-order chi connectivity index (χ0) is 19.0. The molecule has 0 fully saturated rings. The first-order valence-electron chi connectivity index (χ1n) is 8.28. The van der Waals surface area contributed by atoms with Gasteiger partial charge in [0, 0.05) is 30.4 Å². The maximum atomic E-state index is 12.2. The normalized spacial score (nSPS) is 15.9. The molecule has 0 spiro atoms. The Morgan fingerprint density at radius 1 is 1.33 bits per heavy atom. The highest BCUT2D eigenvalue weighted by Crippen LogP contribution is 2.37. The maximum absolute atomic E-state index is 12.2. The van der Waals surface area contributed by atoms with Crippen molar-refractivity contribution in [3.63, 3.8) is 0 Å². The summed E-state index contributed by atoms with van der Waals surface area (Å²) in [5.74, 6) is 0.304. The summed E-state index contributed by atoms with van der Waals surface area (Å²) < 4.78 is 5.64. The standard InChI is InChI=1S/C19H16N4O3S/c1-11-18(25)23(2)15-8-12(5-6-16(15)26-11)14-10-27-19(21-14)22-17(24)13-4-3-7-20-9-13/h3-11H,1-2H3,(H,21,22,24)/t11-/m1/s1. The first-order valence-corrected chi connectivity index (χ1v) is 9.16. The second-order valence-corrected chi connectivity index (χ2v) is 6.93. The van der Waals surface area contributed by atoms with Gasteiger partial charge in [0.15, 0.2) is 11.2 Å². The second-order valence-electron chi connectivity index (χ2n) is 6.07. The van der Waals surface area contributed by atoms with Crippen LogP contribution in [0.2, 0.25) is 0 Å². The number of carbonyl (C=O) groups is 2. The highest BCUT2D eigenvalue weighted by Gasteiger charge is 2.29. The number of nitrogens with one attached hydrogen (secondary N) is 1. The molecule has 1 aliphatic rings. The van der Waals surface area contributed by atoms with Crippen molar-refractivity contribution in [2.24, 2.45) is 0 Å². The lowest BCUT2D eigenvalue weighted by Gasteiger charge is -2.30. The average molecular weight is 380 g/mol. The van der Waals surface area contributed by atoms with Gasteiger partial charge in [-0.1, -0.05) is 0 Å². The van der Waals surface area contributed by atoms with Gasteiger partial charge < -0.3 is 9.64 Å². The number of aromatic nitrogens is 2. The van der Waals surface area contributed by atoms with Crippen LogP contribution in [0.3, 0.4) is 0 Å². The number of rotatable bonds is 3. The number of amides is 2. The summed E-state index contributed by atoms with van der Waals surface area (Å²) in [5, 5.41) is 5.12. The number of ether oxygens (including phenoxy) is 1. The van der Waals surface area contributed by atoms with Gasteiger partial charge in [0.05, 0.1) is 16.9 Å². The molecule has 0 radical (unpaired) electrons. The highest BCUT2D eigenvalue weighted by atomic mass is 32.1. The summed E-state index contributed by atoms with van der Waals surface area (Å²) in [6.07, 6.45) is 2.61. The molecule has 2 amide bonds. The van der Waals surface area contributed by atoms with Crippen LogP contribution >= 0.6 is 11.3 Å². The number of benzene rings is 1. The van der Waals surface area contributed by atoms with Crippen LogP contribution in [0, 0.1) is 0 Å². The topological polar surface area (TPSA) is 84.4 Å². The van der Waals surface area contributed by atoms with Crippen LogP contribution in [0.25, 0.3) is 11.3 Å². The van der Waals surface area contributed by atoms with Gasteiger partial charge >= 0.3 is 0 Å². The highest BCUT2D eigenvalue weighted by molar-refractivity contribution is 7.14.